The van der Waals surface area contributed by atoms with Crippen molar-refractivity contribution >= 4 is 0 Å². The van der Waals surface area contributed by atoms with Gasteiger partial charge in [-0.15, -0.1) is 0 Å². The smallest absolute Gasteiger partial charge is 0.119 e. The standard InChI is InChI=1S/C15H24N2O/c1-16-11-14-7-9-17(12-14)8-6-13-4-3-5-15(10-13)18-2/h3-5,10,14,16H,6-9,11-12H2,1-2H3. The molecule has 1 atom stereocenters. The summed E-state index contributed by atoms with van der Waals surface area (Å²) in [6.45, 7) is 4.80. The Morgan fingerprint density at radius 3 is 3.11 bits per heavy atom. The van der Waals surface area contributed by atoms with Crippen LogP contribution in [0.15, 0.2) is 24.3 Å². The molecule has 18 heavy (non-hydrogen) atoms. The van der Waals surface area contributed by atoms with Crippen LogP contribution in [0.3, 0.4) is 0 Å². The maximum Gasteiger partial charge on any atom is 0.119 e. The fraction of sp³-hybridized carbons (Fsp3) is 0.600. The highest BCUT2D eigenvalue weighted by molar-refractivity contribution is 5.28. The molecule has 0 spiro atoms. The van der Waals surface area contributed by atoms with Crippen molar-refractivity contribution in [2.45, 2.75) is 12.8 Å². The molecule has 1 unspecified atom stereocenters. The van der Waals surface area contributed by atoms with Crippen LogP contribution in [-0.2, 0) is 6.42 Å². The van der Waals surface area contributed by atoms with Gasteiger partial charge >= 0.3 is 0 Å². The van der Waals surface area contributed by atoms with Gasteiger partial charge in [0.1, 0.15) is 5.75 Å². The van der Waals surface area contributed by atoms with Gasteiger partial charge in [0.05, 0.1) is 7.11 Å². The predicted octanol–water partition coefficient (Wildman–Crippen LogP) is 1.78. The average Bonchev–Trinajstić information content (AvgIpc) is 2.85. The number of ether oxygens (including phenoxy) is 1. The summed E-state index contributed by atoms with van der Waals surface area (Å²) in [7, 11) is 3.76. The third kappa shape index (κ3) is 3.72. The topological polar surface area (TPSA) is 24.5 Å². The molecule has 1 saturated heterocycles. The highest BCUT2D eigenvalue weighted by atomic mass is 16.5. The Morgan fingerprint density at radius 1 is 1.44 bits per heavy atom. The molecule has 0 aliphatic carbocycles. The van der Waals surface area contributed by atoms with Gasteiger partial charge in [-0.3, -0.25) is 0 Å². The van der Waals surface area contributed by atoms with E-state index in [-0.39, 0.29) is 0 Å². The van der Waals surface area contributed by atoms with E-state index >= 15 is 0 Å². The largest absolute Gasteiger partial charge is 0.497 e. The van der Waals surface area contributed by atoms with E-state index < -0.39 is 0 Å². The van der Waals surface area contributed by atoms with E-state index in [1.54, 1.807) is 7.11 Å². The molecular weight excluding hydrogens is 224 g/mol. The SMILES string of the molecule is CNCC1CCN(CCc2cccc(OC)c2)C1. The second kappa shape index (κ2) is 6.76. The summed E-state index contributed by atoms with van der Waals surface area (Å²) in [6.07, 6.45) is 2.45. The van der Waals surface area contributed by atoms with E-state index in [1.165, 1.54) is 25.1 Å². The van der Waals surface area contributed by atoms with E-state index in [0.717, 1.165) is 31.2 Å². The van der Waals surface area contributed by atoms with Crippen LogP contribution < -0.4 is 10.1 Å². The molecule has 0 bridgehead atoms. The minimum absolute atomic E-state index is 0.834. The molecule has 1 N–H and O–H groups in total. The lowest BCUT2D eigenvalue weighted by Gasteiger charge is -2.16. The van der Waals surface area contributed by atoms with Gasteiger partial charge in [-0.05, 0) is 56.6 Å². The number of hydrogen-bond acceptors (Lipinski definition) is 3. The first kappa shape index (κ1) is 13.4. The Bertz CT molecular complexity index is 367. The maximum atomic E-state index is 5.25. The summed E-state index contributed by atoms with van der Waals surface area (Å²) in [5.74, 6) is 1.79. The molecule has 3 heteroatoms. The number of likely N-dealkylation sites (tertiary alicyclic amines) is 1. The molecule has 3 nitrogen and oxygen atoms in total. The third-order valence-corrected chi connectivity index (χ3v) is 3.71. The maximum absolute atomic E-state index is 5.25. The average molecular weight is 248 g/mol. The Hall–Kier alpha value is -1.06. The molecule has 1 aromatic rings. The van der Waals surface area contributed by atoms with Gasteiger partial charge in [0.25, 0.3) is 0 Å². The second-order valence-electron chi connectivity index (χ2n) is 5.11. The zero-order chi connectivity index (χ0) is 12.8. The molecule has 1 aromatic carbocycles. The fourth-order valence-electron chi connectivity index (χ4n) is 2.69. The Balaban J connectivity index is 1.78. The van der Waals surface area contributed by atoms with Crippen molar-refractivity contribution in [2.75, 3.05) is 40.3 Å². The fourth-order valence-corrected chi connectivity index (χ4v) is 2.69. The molecule has 2 rings (SSSR count). The molecule has 100 valence electrons. The minimum atomic E-state index is 0.834. The molecule has 1 heterocycles. The molecule has 1 fully saturated rings. The summed E-state index contributed by atoms with van der Waals surface area (Å²) in [5, 5.41) is 3.28. The van der Waals surface area contributed by atoms with Crippen LogP contribution in [0.2, 0.25) is 0 Å². The summed E-state index contributed by atoms with van der Waals surface area (Å²) in [4.78, 5) is 2.57. The third-order valence-electron chi connectivity index (χ3n) is 3.71. The Labute approximate surface area is 110 Å². The number of nitrogens with one attached hydrogen (secondary N) is 1. The quantitative estimate of drug-likeness (QED) is 0.830. The van der Waals surface area contributed by atoms with Crippen molar-refractivity contribution in [2.24, 2.45) is 5.92 Å². The first-order valence-electron chi connectivity index (χ1n) is 6.81. The molecule has 0 aromatic heterocycles. The lowest BCUT2D eigenvalue weighted by atomic mass is 10.1. The van der Waals surface area contributed by atoms with E-state index in [9.17, 15) is 0 Å². The van der Waals surface area contributed by atoms with Gasteiger partial charge in [0.15, 0.2) is 0 Å². The molecule has 0 radical (unpaired) electrons. The van der Waals surface area contributed by atoms with Gasteiger partial charge in [0.2, 0.25) is 0 Å². The van der Waals surface area contributed by atoms with Crippen LogP contribution in [0.1, 0.15) is 12.0 Å². The number of methoxy groups -OCH3 is 1. The van der Waals surface area contributed by atoms with E-state index in [2.05, 4.69) is 28.4 Å². The zero-order valence-electron chi connectivity index (χ0n) is 11.5. The highest BCUT2D eigenvalue weighted by Gasteiger charge is 2.21. The summed E-state index contributed by atoms with van der Waals surface area (Å²) in [5.41, 5.74) is 1.37. The van der Waals surface area contributed by atoms with Crippen LogP contribution in [0.4, 0.5) is 0 Å². The van der Waals surface area contributed by atoms with Crippen molar-refractivity contribution < 1.29 is 4.74 Å². The lowest BCUT2D eigenvalue weighted by Crippen LogP contribution is -2.26. The van der Waals surface area contributed by atoms with Gasteiger partial charge in [0, 0.05) is 13.1 Å². The summed E-state index contributed by atoms with van der Waals surface area (Å²) < 4.78 is 5.25. The molecule has 1 aliphatic rings. The molecule has 1 aliphatic heterocycles. The summed E-state index contributed by atoms with van der Waals surface area (Å²) in [6, 6.07) is 8.40. The van der Waals surface area contributed by atoms with Crippen LogP contribution in [0, 0.1) is 5.92 Å². The first-order chi connectivity index (χ1) is 8.81. The molecule has 0 amide bonds. The van der Waals surface area contributed by atoms with Crippen LogP contribution in [0.5, 0.6) is 5.75 Å². The van der Waals surface area contributed by atoms with Crippen LogP contribution in [-0.4, -0.2) is 45.2 Å². The second-order valence-corrected chi connectivity index (χ2v) is 5.11. The molecule has 0 saturated carbocycles. The van der Waals surface area contributed by atoms with Crippen molar-refractivity contribution in [1.82, 2.24) is 10.2 Å². The Morgan fingerprint density at radius 2 is 2.33 bits per heavy atom. The van der Waals surface area contributed by atoms with Crippen molar-refractivity contribution in [3.05, 3.63) is 29.8 Å². The van der Waals surface area contributed by atoms with Gasteiger partial charge in [-0.25, -0.2) is 0 Å². The Kier molecular flexibility index (Phi) is 5.02. The summed E-state index contributed by atoms with van der Waals surface area (Å²) >= 11 is 0. The van der Waals surface area contributed by atoms with Gasteiger partial charge in [-0.2, -0.15) is 0 Å². The molecular formula is C15H24N2O. The van der Waals surface area contributed by atoms with Crippen molar-refractivity contribution in [3.8, 4) is 5.75 Å². The zero-order valence-corrected chi connectivity index (χ0v) is 11.5. The van der Waals surface area contributed by atoms with Gasteiger partial charge < -0.3 is 15.0 Å². The number of rotatable bonds is 6. The van der Waals surface area contributed by atoms with E-state index in [4.69, 9.17) is 4.74 Å². The lowest BCUT2D eigenvalue weighted by molar-refractivity contribution is 0.327. The predicted molar refractivity (Wildman–Crippen MR) is 75.2 cm³/mol. The minimum Gasteiger partial charge on any atom is -0.497 e. The van der Waals surface area contributed by atoms with Gasteiger partial charge in [-0.1, -0.05) is 12.1 Å². The number of benzene rings is 1. The number of hydrogen-bond donors (Lipinski definition) is 1. The first-order valence-corrected chi connectivity index (χ1v) is 6.81. The highest BCUT2D eigenvalue weighted by Crippen LogP contribution is 2.17. The van der Waals surface area contributed by atoms with E-state index in [1.807, 2.05) is 13.1 Å². The number of nitrogens with zero attached hydrogens (tertiary/aromatic N) is 1. The van der Waals surface area contributed by atoms with E-state index in [0.29, 0.717) is 0 Å². The normalized spacial score (nSPS) is 20.2. The van der Waals surface area contributed by atoms with Crippen LogP contribution >= 0.6 is 0 Å². The van der Waals surface area contributed by atoms with Crippen LogP contribution in [0.25, 0.3) is 0 Å². The van der Waals surface area contributed by atoms with Crippen molar-refractivity contribution in [1.29, 1.82) is 0 Å². The van der Waals surface area contributed by atoms with Crippen molar-refractivity contribution in [3.63, 3.8) is 0 Å². The monoisotopic (exact) mass is 248 g/mol.